The lowest BCUT2D eigenvalue weighted by molar-refractivity contribution is 0.298. The number of rotatable bonds is 3. The van der Waals surface area contributed by atoms with E-state index in [1.807, 2.05) is 30.9 Å². The lowest BCUT2D eigenvalue weighted by Gasteiger charge is -2.33. The van der Waals surface area contributed by atoms with Gasteiger partial charge in [0.15, 0.2) is 0 Å². The molecule has 1 atom stereocenters. The third-order valence-corrected chi connectivity index (χ3v) is 7.35. The highest BCUT2D eigenvalue weighted by Gasteiger charge is 2.29. The Morgan fingerprint density at radius 1 is 1.35 bits per heavy atom. The molecule has 0 spiro atoms. The molecule has 0 N–H and O–H groups in total. The van der Waals surface area contributed by atoms with Crippen molar-refractivity contribution in [2.45, 2.75) is 51.9 Å². The van der Waals surface area contributed by atoms with Crippen LogP contribution in [0, 0.1) is 19.8 Å². The van der Waals surface area contributed by atoms with Crippen LogP contribution in [0.3, 0.4) is 0 Å². The van der Waals surface area contributed by atoms with Crippen LogP contribution in [0.25, 0.3) is 0 Å². The van der Waals surface area contributed by atoms with Crippen LogP contribution < -0.4 is 0 Å². The second-order valence-electron chi connectivity index (χ2n) is 5.88. The molecule has 114 valence electrons. The summed E-state index contributed by atoms with van der Waals surface area (Å²) in [5.74, 6) is 0.743. The Kier molecular flexibility index (Phi) is 4.59. The van der Waals surface area contributed by atoms with Crippen molar-refractivity contribution >= 4 is 15.1 Å². The zero-order valence-electron chi connectivity index (χ0n) is 13.3. The summed E-state index contributed by atoms with van der Waals surface area (Å²) in [5.41, 5.74) is 1.93. The minimum absolute atomic E-state index is 0.743. The van der Waals surface area contributed by atoms with Gasteiger partial charge < -0.3 is 0 Å². The topological polar surface area (TPSA) is 38.1 Å². The Morgan fingerprint density at radius 2 is 1.95 bits per heavy atom. The molecule has 1 aromatic rings. The van der Waals surface area contributed by atoms with Crippen LogP contribution >= 0.6 is 0 Å². The van der Waals surface area contributed by atoms with E-state index in [4.69, 9.17) is 0 Å². The van der Waals surface area contributed by atoms with Crippen LogP contribution in [0.4, 0.5) is 0 Å². The summed E-state index contributed by atoms with van der Waals surface area (Å²) in [6.45, 7) is 10.2. The van der Waals surface area contributed by atoms with E-state index in [9.17, 15) is 4.21 Å². The molecular formula is C15H27N3OS. The van der Waals surface area contributed by atoms with Crippen molar-refractivity contribution in [2.75, 3.05) is 13.1 Å². The van der Waals surface area contributed by atoms with Gasteiger partial charge in [0.05, 0.1) is 26.0 Å². The second kappa shape index (κ2) is 5.90. The molecular weight excluding hydrogens is 270 g/mol. The van der Waals surface area contributed by atoms with Crippen molar-refractivity contribution < 1.29 is 4.21 Å². The molecule has 0 aliphatic carbocycles. The van der Waals surface area contributed by atoms with Gasteiger partial charge in [0.1, 0.15) is 0 Å². The number of hydrogen-bond donors (Lipinski definition) is 0. The maximum Gasteiger partial charge on any atom is 0.0887 e. The number of piperidine rings is 1. The van der Waals surface area contributed by atoms with Crippen LogP contribution in [-0.4, -0.2) is 36.8 Å². The molecule has 2 heterocycles. The third kappa shape index (κ3) is 2.66. The lowest BCUT2D eigenvalue weighted by Crippen LogP contribution is -2.39. The highest BCUT2D eigenvalue weighted by Crippen LogP contribution is 2.28. The maximum atomic E-state index is 13.7. The average molecular weight is 297 g/mol. The molecule has 0 radical (unpaired) electrons. The van der Waals surface area contributed by atoms with Crippen molar-refractivity contribution in [1.29, 1.82) is 0 Å². The Balaban J connectivity index is 2.50. The van der Waals surface area contributed by atoms with Gasteiger partial charge in [0, 0.05) is 20.1 Å². The summed E-state index contributed by atoms with van der Waals surface area (Å²) in [6.07, 6.45) is 3.08. The molecule has 1 fully saturated rings. The van der Waals surface area contributed by atoms with Crippen molar-refractivity contribution in [1.82, 2.24) is 14.1 Å². The monoisotopic (exact) mass is 297 g/mol. The summed E-state index contributed by atoms with van der Waals surface area (Å²) in [4.78, 5) is 0.941. The zero-order chi connectivity index (χ0) is 14.9. The first-order valence-corrected chi connectivity index (χ1v) is 9.10. The van der Waals surface area contributed by atoms with E-state index in [0.717, 1.165) is 54.6 Å². The predicted molar refractivity (Wildman–Crippen MR) is 85.4 cm³/mol. The number of hydrogen-bond acceptors (Lipinski definition) is 2. The molecule has 2 rings (SSSR count). The van der Waals surface area contributed by atoms with Crippen molar-refractivity contribution in [3.63, 3.8) is 0 Å². The van der Waals surface area contributed by atoms with Crippen molar-refractivity contribution in [3.8, 4) is 0 Å². The minimum Gasteiger partial charge on any atom is -0.271 e. The van der Waals surface area contributed by atoms with Gasteiger partial charge >= 0.3 is 0 Å². The van der Waals surface area contributed by atoms with Gasteiger partial charge in [-0.1, -0.05) is 13.8 Å². The summed E-state index contributed by atoms with van der Waals surface area (Å²) in [6, 6.07) is 0. The van der Waals surface area contributed by atoms with Crippen LogP contribution in [0.1, 0.15) is 44.5 Å². The first-order chi connectivity index (χ1) is 9.40. The van der Waals surface area contributed by atoms with Gasteiger partial charge in [0.2, 0.25) is 0 Å². The molecule has 1 aliphatic rings. The first-order valence-electron chi connectivity index (χ1n) is 7.53. The van der Waals surface area contributed by atoms with Crippen LogP contribution in [-0.2, 0) is 16.8 Å². The molecule has 1 aliphatic heterocycles. The van der Waals surface area contributed by atoms with E-state index in [-0.39, 0.29) is 0 Å². The molecule has 0 bridgehead atoms. The van der Waals surface area contributed by atoms with E-state index in [1.54, 1.807) is 0 Å². The Morgan fingerprint density at radius 3 is 2.40 bits per heavy atom. The Hall–Kier alpha value is -0.810. The standard InChI is InChI=1S/C15H27N3OS/c1-6-11-20(19,18-9-7-12(2)8-10-18)15-13(3)16-17(5)14(15)4/h11-12H,6-10H2,1-5H3. The van der Waals surface area contributed by atoms with E-state index in [0.29, 0.717) is 0 Å². The normalized spacial score (nSPS) is 20.9. The van der Waals surface area contributed by atoms with Crippen LogP contribution in [0.5, 0.6) is 0 Å². The minimum atomic E-state index is -2.26. The van der Waals surface area contributed by atoms with Crippen molar-refractivity contribution in [3.05, 3.63) is 11.4 Å². The second-order valence-corrected chi connectivity index (χ2v) is 8.27. The first kappa shape index (κ1) is 15.6. The van der Waals surface area contributed by atoms with E-state index >= 15 is 0 Å². The van der Waals surface area contributed by atoms with Gasteiger partial charge in [-0.15, -0.1) is 0 Å². The molecule has 1 aromatic heterocycles. The highest BCUT2D eigenvalue weighted by atomic mass is 32.2. The molecule has 1 unspecified atom stereocenters. The summed E-state index contributed by atoms with van der Waals surface area (Å²) >= 11 is 0. The number of aryl methyl sites for hydroxylation is 2. The van der Waals surface area contributed by atoms with Gasteiger partial charge in [-0.3, -0.25) is 4.68 Å². The lowest BCUT2D eigenvalue weighted by atomic mass is 10.0. The Bertz CT molecular complexity index is 589. The smallest absolute Gasteiger partial charge is 0.0887 e. The summed E-state index contributed by atoms with van der Waals surface area (Å²) in [5, 5.41) is 6.46. The predicted octanol–water partition coefficient (Wildman–Crippen LogP) is 2.54. The van der Waals surface area contributed by atoms with Gasteiger partial charge in [-0.2, -0.15) is 5.10 Å². The van der Waals surface area contributed by atoms with Gasteiger partial charge in [-0.25, -0.2) is 8.51 Å². The molecule has 1 saturated heterocycles. The van der Waals surface area contributed by atoms with E-state index < -0.39 is 9.71 Å². The summed E-state index contributed by atoms with van der Waals surface area (Å²) in [7, 11) is -0.332. The van der Waals surface area contributed by atoms with E-state index in [1.165, 1.54) is 0 Å². The molecule has 4 nitrogen and oxygen atoms in total. The number of aromatic nitrogens is 2. The maximum absolute atomic E-state index is 13.7. The Labute approximate surface area is 123 Å². The molecule has 0 aromatic carbocycles. The van der Waals surface area contributed by atoms with E-state index in [2.05, 4.69) is 23.3 Å². The highest BCUT2D eigenvalue weighted by molar-refractivity contribution is 7.99. The van der Waals surface area contributed by atoms with Crippen molar-refractivity contribution in [2.24, 2.45) is 13.0 Å². The largest absolute Gasteiger partial charge is 0.271 e. The molecule has 0 amide bonds. The fourth-order valence-electron chi connectivity index (χ4n) is 2.98. The van der Waals surface area contributed by atoms with Crippen LogP contribution in [0.2, 0.25) is 0 Å². The SMILES string of the molecule is CCC=S(=O)(c1c(C)nn(C)c1C)N1CCC(C)CC1. The molecule has 0 saturated carbocycles. The molecule has 20 heavy (non-hydrogen) atoms. The van der Waals surface area contributed by atoms with Gasteiger partial charge in [0.25, 0.3) is 0 Å². The fourth-order valence-corrected chi connectivity index (χ4v) is 5.84. The third-order valence-electron chi connectivity index (χ3n) is 4.25. The number of nitrogens with zero attached hydrogens (tertiary/aromatic N) is 3. The van der Waals surface area contributed by atoms with Gasteiger partial charge in [-0.05, 0) is 44.4 Å². The quantitative estimate of drug-likeness (QED) is 0.804. The zero-order valence-corrected chi connectivity index (χ0v) is 14.2. The molecule has 5 heteroatoms. The van der Waals surface area contributed by atoms with Crippen LogP contribution in [0.15, 0.2) is 4.90 Å². The fraction of sp³-hybridized carbons (Fsp3) is 0.733. The summed E-state index contributed by atoms with van der Waals surface area (Å²) < 4.78 is 17.8. The average Bonchev–Trinajstić information content (AvgIpc) is 2.64.